The fourth-order valence-electron chi connectivity index (χ4n) is 5.59. The number of hydrogen-bond acceptors (Lipinski definition) is 7. The summed E-state index contributed by atoms with van der Waals surface area (Å²) < 4.78 is 10.6. The Labute approximate surface area is 271 Å². The lowest BCUT2D eigenvalue weighted by atomic mass is 9.79. The third-order valence-corrected chi connectivity index (χ3v) is 8.02. The van der Waals surface area contributed by atoms with Crippen LogP contribution in [-0.4, -0.2) is 71.1 Å². The minimum Gasteiger partial charge on any atom is -0.549 e. The molecule has 0 aromatic heterocycles. The van der Waals surface area contributed by atoms with E-state index in [1.54, 1.807) is 32.6 Å². The van der Waals surface area contributed by atoms with Crippen LogP contribution < -0.4 is 10.8 Å². The molecular weight excluding hydrogens is 574 g/mol. The number of ketones is 1. The number of Topliss-reactive ketones (excluding diaryl/α,β-unsaturated/α-hetero) is 1. The molecule has 0 unspecified atom stereocenters. The van der Waals surface area contributed by atoms with Crippen LogP contribution in [0, 0.1) is 10.8 Å². The first-order valence-corrected chi connectivity index (χ1v) is 16.3. The standard InChI is InChI=1S/C14H25NO3.C13H23NO4.C8H11N/c1-6-7-14(11(2)16)8-9-15(10-14)12(17)18-13(3,4)5;1-5-6-13(10(15)16)7-8-14(9-13)11(17)18-12(2,3)4;1-7(9)8-5-3-2-4-6-8/h6-10H2,1-5H3;5-9H2,1-4H3,(H,15,16);2-7H,9H2,1H3/t14-;13-;7-/m001/s1. The molecule has 2 aliphatic heterocycles. The van der Waals surface area contributed by atoms with Crippen molar-refractivity contribution in [3.63, 3.8) is 0 Å². The van der Waals surface area contributed by atoms with Crippen molar-refractivity contribution >= 4 is 23.9 Å². The Balaban J connectivity index is 0.000000356. The lowest BCUT2D eigenvalue weighted by Gasteiger charge is -2.30. The molecule has 1 aromatic rings. The highest BCUT2D eigenvalue weighted by Gasteiger charge is 2.44. The molecule has 1 aromatic carbocycles. The molecule has 10 heteroatoms. The van der Waals surface area contributed by atoms with Crippen molar-refractivity contribution in [2.45, 2.75) is 125 Å². The molecule has 0 spiro atoms. The van der Waals surface area contributed by atoms with E-state index in [-0.39, 0.29) is 23.8 Å². The Hall–Kier alpha value is -3.14. The Kier molecular flexibility index (Phi) is 15.0. The van der Waals surface area contributed by atoms with Gasteiger partial charge in [-0.2, -0.15) is 0 Å². The van der Waals surface area contributed by atoms with E-state index in [4.69, 9.17) is 9.47 Å². The van der Waals surface area contributed by atoms with Crippen molar-refractivity contribution in [2.24, 2.45) is 10.8 Å². The fraction of sp³-hybridized carbons (Fsp3) is 0.714. The van der Waals surface area contributed by atoms with E-state index >= 15 is 0 Å². The average Bonchev–Trinajstić information content (AvgIpc) is 3.56. The molecule has 0 saturated carbocycles. The zero-order chi connectivity index (χ0) is 34.6. The first kappa shape index (κ1) is 39.9. The van der Waals surface area contributed by atoms with Crippen LogP contribution in [-0.2, 0) is 19.1 Å². The number of quaternary nitrogens is 1. The van der Waals surface area contributed by atoms with Gasteiger partial charge in [0.15, 0.2) is 0 Å². The molecule has 3 atom stereocenters. The molecule has 45 heavy (non-hydrogen) atoms. The summed E-state index contributed by atoms with van der Waals surface area (Å²) in [6.07, 6.45) is 3.56. The molecular formula is C35H59N3O7. The summed E-state index contributed by atoms with van der Waals surface area (Å²) in [7, 11) is 0. The number of carboxylic acids is 1. The molecule has 2 heterocycles. The minimum absolute atomic E-state index is 0.190. The minimum atomic E-state index is -1.06. The van der Waals surface area contributed by atoms with Crippen LogP contribution >= 0.6 is 0 Å². The maximum atomic E-state index is 12.0. The van der Waals surface area contributed by atoms with Gasteiger partial charge in [0.25, 0.3) is 0 Å². The zero-order valence-corrected chi connectivity index (χ0v) is 29.5. The normalized spacial score (nSPS) is 21.9. The number of carboxylic acid groups (broad SMARTS) is 1. The van der Waals surface area contributed by atoms with Gasteiger partial charge in [0.2, 0.25) is 0 Å². The number of nitrogens with zero attached hydrogens (tertiary/aromatic N) is 2. The van der Waals surface area contributed by atoms with Crippen LogP contribution in [0.25, 0.3) is 0 Å². The summed E-state index contributed by atoms with van der Waals surface area (Å²) >= 11 is 0. The second kappa shape index (κ2) is 17.0. The number of aliphatic carboxylic acids is 1. The van der Waals surface area contributed by atoms with Crippen LogP contribution in [0.4, 0.5) is 9.59 Å². The second-order valence-corrected chi connectivity index (χ2v) is 14.5. The number of likely N-dealkylation sites (tertiary alicyclic amines) is 2. The fourth-order valence-corrected chi connectivity index (χ4v) is 5.59. The molecule has 2 amide bonds. The molecule has 2 aliphatic rings. The van der Waals surface area contributed by atoms with Crippen molar-refractivity contribution in [3.8, 4) is 0 Å². The summed E-state index contributed by atoms with van der Waals surface area (Å²) in [6, 6.07) is 10.7. The largest absolute Gasteiger partial charge is 0.549 e. The van der Waals surface area contributed by atoms with Gasteiger partial charge < -0.3 is 34.9 Å². The summed E-state index contributed by atoms with van der Waals surface area (Å²) in [4.78, 5) is 50.1. The molecule has 0 aliphatic carbocycles. The van der Waals surface area contributed by atoms with Gasteiger partial charge in [-0.05, 0) is 81.1 Å². The van der Waals surface area contributed by atoms with Gasteiger partial charge in [0.05, 0.1) is 0 Å². The van der Waals surface area contributed by atoms with Gasteiger partial charge in [-0.1, -0.05) is 57.0 Å². The average molecular weight is 634 g/mol. The first-order chi connectivity index (χ1) is 20.7. The maximum Gasteiger partial charge on any atom is 0.410 e. The van der Waals surface area contributed by atoms with E-state index < -0.39 is 28.7 Å². The van der Waals surface area contributed by atoms with E-state index in [0.29, 0.717) is 38.5 Å². The number of amides is 2. The quantitative estimate of drug-likeness (QED) is 0.437. The lowest BCUT2D eigenvalue weighted by Crippen LogP contribution is -2.51. The third kappa shape index (κ3) is 13.0. The van der Waals surface area contributed by atoms with Gasteiger partial charge >= 0.3 is 12.2 Å². The predicted molar refractivity (Wildman–Crippen MR) is 173 cm³/mol. The number of carbonyl (C=O) groups excluding carboxylic acids is 4. The highest BCUT2D eigenvalue weighted by atomic mass is 16.6. The van der Waals surface area contributed by atoms with E-state index in [1.165, 1.54) is 10.5 Å². The SMILES string of the molecule is CCC[C@]1(C(=O)[O-])CCN(C(=O)OC(C)(C)C)C1.CCC[C@]1(C(C)=O)CCN(C(=O)OC(C)(C)C)C1.C[C@@H]([NH3+])c1ccccc1. The van der Waals surface area contributed by atoms with Crippen LogP contribution in [0.15, 0.2) is 30.3 Å². The van der Waals surface area contributed by atoms with E-state index in [1.807, 2.05) is 45.9 Å². The molecule has 10 nitrogen and oxygen atoms in total. The first-order valence-electron chi connectivity index (χ1n) is 16.3. The summed E-state index contributed by atoms with van der Waals surface area (Å²) in [5.41, 5.74) is 2.93. The third-order valence-electron chi connectivity index (χ3n) is 8.02. The van der Waals surface area contributed by atoms with E-state index in [2.05, 4.69) is 31.7 Å². The Morgan fingerprint density at radius 3 is 1.56 bits per heavy atom. The smallest absolute Gasteiger partial charge is 0.410 e. The van der Waals surface area contributed by atoms with Gasteiger partial charge in [0, 0.05) is 48.5 Å². The number of carbonyl (C=O) groups is 4. The summed E-state index contributed by atoms with van der Waals surface area (Å²) in [5, 5.41) is 11.3. The lowest BCUT2D eigenvalue weighted by molar-refractivity contribution is -0.420. The van der Waals surface area contributed by atoms with Crippen LogP contribution in [0.5, 0.6) is 0 Å². The number of hydrogen-bond donors (Lipinski definition) is 1. The summed E-state index contributed by atoms with van der Waals surface area (Å²) in [5.74, 6) is -0.870. The predicted octanol–water partition coefficient (Wildman–Crippen LogP) is 5.16. The second-order valence-electron chi connectivity index (χ2n) is 14.5. The van der Waals surface area contributed by atoms with Crippen LogP contribution in [0.3, 0.4) is 0 Å². The molecule has 0 radical (unpaired) electrons. The molecule has 0 bridgehead atoms. The molecule has 2 saturated heterocycles. The molecule has 2 fully saturated rings. The molecule has 3 rings (SSSR count). The van der Waals surface area contributed by atoms with Crippen molar-refractivity contribution in [2.75, 3.05) is 26.2 Å². The number of rotatable bonds is 7. The highest BCUT2D eigenvalue weighted by Crippen LogP contribution is 2.37. The molecule has 3 N–H and O–H groups in total. The Morgan fingerprint density at radius 2 is 1.22 bits per heavy atom. The zero-order valence-electron chi connectivity index (χ0n) is 29.5. The Bertz CT molecular complexity index is 1040. The van der Waals surface area contributed by atoms with Gasteiger partial charge in [-0.25, -0.2) is 9.59 Å². The van der Waals surface area contributed by atoms with Crippen LogP contribution in [0.2, 0.25) is 0 Å². The van der Waals surface area contributed by atoms with Gasteiger partial charge in [0.1, 0.15) is 23.0 Å². The highest BCUT2D eigenvalue weighted by molar-refractivity contribution is 5.84. The number of ether oxygens (including phenoxy) is 2. The van der Waals surface area contributed by atoms with Gasteiger partial charge in [-0.3, -0.25) is 4.79 Å². The molecule has 256 valence electrons. The summed E-state index contributed by atoms with van der Waals surface area (Å²) in [6.45, 7) is 20.4. The van der Waals surface area contributed by atoms with Crippen molar-refractivity contribution in [1.29, 1.82) is 0 Å². The topological polar surface area (TPSA) is 144 Å². The van der Waals surface area contributed by atoms with Crippen molar-refractivity contribution in [3.05, 3.63) is 35.9 Å². The van der Waals surface area contributed by atoms with E-state index in [9.17, 15) is 24.3 Å². The Morgan fingerprint density at radius 1 is 0.822 bits per heavy atom. The van der Waals surface area contributed by atoms with Crippen molar-refractivity contribution < 1.29 is 39.5 Å². The van der Waals surface area contributed by atoms with Crippen LogP contribution in [0.1, 0.15) is 119 Å². The monoisotopic (exact) mass is 633 g/mol. The van der Waals surface area contributed by atoms with Crippen molar-refractivity contribution in [1.82, 2.24) is 9.80 Å². The van der Waals surface area contributed by atoms with E-state index in [0.717, 1.165) is 25.7 Å². The number of benzene rings is 1. The van der Waals surface area contributed by atoms with Gasteiger partial charge in [-0.15, -0.1) is 0 Å². The maximum absolute atomic E-state index is 12.0.